The Bertz CT molecular complexity index is 921. The summed E-state index contributed by atoms with van der Waals surface area (Å²) in [6.45, 7) is 8.22. The van der Waals surface area contributed by atoms with E-state index in [2.05, 4.69) is 36.1 Å². The Labute approximate surface area is 191 Å². The van der Waals surface area contributed by atoms with E-state index in [9.17, 15) is 9.59 Å². The van der Waals surface area contributed by atoms with Crippen LogP contribution in [0.1, 0.15) is 56.3 Å². The molecule has 3 heterocycles. The van der Waals surface area contributed by atoms with Gasteiger partial charge in [-0.25, -0.2) is 0 Å². The monoisotopic (exact) mass is 438 g/mol. The number of piperidine rings is 2. The topological polar surface area (TPSA) is 68.4 Å². The molecule has 0 saturated carbocycles. The van der Waals surface area contributed by atoms with Gasteiger partial charge in [0.1, 0.15) is 6.04 Å². The minimum Gasteiger partial charge on any atom is -0.361 e. The first kappa shape index (κ1) is 22.8. The molecular formula is C26H38N4O2. The van der Waals surface area contributed by atoms with Crippen LogP contribution in [0.25, 0.3) is 10.9 Å². The molecule has 6 nitrogen and oxygen atoms in total. The molecular weight excluding hydrogens is 400 g/mol. The van der Waals surface area contributed by atoms with Crippen molar-refractivity contribution in [1.29, 1.82) is 0 Å². The summed E-state index contributed by atoms with van der Waals surface area (Å²) in [4.78, 5) is 33.9. The molecule has 6 heteroatoms. The lowest BCUT2D eigenvalue weighted by Crippen LogP contribution is -2.51. The molecule has 0 aliphatic carbocycles. The zero-order chi connectivity index (χ0) is 22.7. The van der Waals surface area contributed by atoms with Crippen molar-refractivity contribution in [3.63, 3.8) is 0 Å². The second-order valence-corrected chi connectivity index (χ2v) is 10.2. The van der Waals surface area contributed by atoms with E-state index in [0.29, 0.717) is 17.9 Å². The largest absolute Gasteiger partial charge is 0.361 e. The minimum atomic E-state index is -0.471. The van der Waals surface area contributed by atoms with Crippen molar-refractivity contribution in [2.45, 2.75) is 52.0 Å². The minimum absolute atomic E-state index is 0.0785. The fraction of sp³-hybridized carbons (Fsp3) is 0.615. The fourth-order valence-electron chi connectivity index (χ4n) is 5.44. The van der Waals surface area contributed by atoms with Gasteiger partial charge >= 0.3 is 0 Å². The van der Waals surface area contributed by atoms with Crippen molar-refractivity contribution in [2.24, 2.45) is 17.8 Å². The number of amides is 2. The predicted molar refractivity (Wildman–Crippen MR) is 129 cm³/mol. The summed E-state index contributed by atoms with van der Waals surface area (Å²) in [7, 11) is 2.21. The van der Waals surface area contributed by atoms with Crippen molar-refractivity contribution in [3.05, 3.63) is 36.0 Å². The Balaban J connectivity index is 1.37. The molecule has 2 N–H and O–H groups in total. The van der Waals surface area contributed by atoms with Crippen LogP contribution in [0.5, 0.6) is 0 Å². The number of aromatic amines is 1. The van der Waals surface area contributed by atoms with Gasteiger partial charge in [-0.05, 0) is 93.6 Å². The molecule has 0 bridgehead atoms. The first-order valence-corrected chi connectivity index (χ1v) is 12.3. The summed E-state index contributed by atoms with van der Waals surface area (Å²) in [5.74, 6) is 1.76. The van der Waals surface area contributed by atoms with Crippen molar-refractivity contribution in [2.75, 3.05) is 33.2 Å². The second kappa shape index (κ2) is 10.1. The summed E-state index contributed by atoms with van der Waals surface area (Å²) >= 11 is 0. The molecule has 1 atom stereocenters. The van der Waals surface area contributed by atoms with E-state index >= 15 is 0 Å². The highest BCUT2D eigenvalue weighted by atomic mass is 16.2. The molecule has 2 aromatic rings. The van der Waals surface area contributed by atoms with Crippen LogP contribution in [0.3, 0.4) is 0 Å². The number of likely N-dealkylation sites (tertiary alicyclic amines) is 2. The van der Waals surface area contributed by atoms with Gasteiger partial charge in [0.2, 0.25) is 5.91 Å². The third-order valence-corrected chi connectivity index (χ3v) is 7.41. The predicted octanol–water partition coefficient (Wildman–Crippen LogP) is 3.89. The first-order valence-electron chi connectivity index (χ1n) is 12.3. The number of H-pyrrole nitrogens is 1. The number of aromatic nitrogens is 1. The maximum Gasteiger partial charge on any atom is 0.252 e. The average Bonchev–Trinajstić information content (AvgIpc) is 3.26. The highest BCUT2D eigenvalue weighted by Gasteiger charge is 2.33. The molecule has 174 valence electrons. The van der Waals surface area contributed by atoms with Gasteiger partial charge in [-0.2, -0.15) is 0 Å². The first-order chi connectivity index (χ1) is 15.4. The van der Waals surface area contributed by atoms with E-state index in [-0.39, 0.29) is 11.8 Å². The standard InChI is InChI=1S/C26H38N4O2/c1-18(2)16-24(28-25(31)22-5-4-21-6-11-27-23(21)17-22)26(32)30-14-9-20(10-15-30)19-7-12-29(3)13-8-19/h4-6,11,17-20,24,27H,7-10,12-16H2,1-3H3,(H,28,31)/t24-/m1/s1. The zero-order valence-corrected chi connectivity index (χ0v) is 19.8. The normalized spacial score (nSPS) is 20.1. The molecule has 1 aromatic carbocycles. The van der Waals surface area contributed by atoms with Crippen LogP contribution in [-0.2, 0) is 4.79 Å². The van der Waals surface area contributed by atoms with E-state index in [1.54, 1.807) is 0 Å². The number of benzene rings is 1. The molecule has 1 aromatic heterocycles. The summed E-state index contributed by atoms with van der Waals surface area (Å²) in [5.41, 5.74) is 1.52. The number of rotatable bonds is 6. The average molecular weight is 439 g/mol. The van der Waals surface area contributed by atoms with Gasteiger partial charge in [-0.1, -0.05) is 19.9 Å². The number of carbonyl (C=O) groups excluding carboxylic acids is 2. The molecule has 0 spiro atoms. The summed E-state index contributed by atoms with van der Waals surface area (Å²) in [5, 5.41) is 4.12. The highest BCUT2D eigenvalue weighted by molar-refractivity contribution is 6.00. The number of hydrogen-bond donors (Lipinski definition) is 2. The van der Waals surface area contributed by atoms with Gasteiger partial charge in [-0.3, -0.25) is 9.59 Å². The Morgan fingerprint density at radius 3 is 2.34 bits per heavy atom. The van der Waals surface area contributed by atoms with Gasteiger partial charge in [0.05, 0.1) is 0 Å². The van der Waals surface area contributed by atoms with Crippen molar-refractivity contribution >= 4 is 22.7 Å². The van der Waals surface area contributed by atoms with Crippen LogP contribution in [0.4, 0.5) is 0 Å². The fourth-order valence-corrected chi connectivity index (χ4v) is 5.44. The molecule has 2 amide bonds. The lowest BCUT2D eigenvalue weighted by molar-refractivity contribution is -0.135. The van der Waals surface area contributed by atoms with Crippen LogP contribution in [0.15, 0.2) is 30.5 Å². The van der Waals surface area contributed by atoms with Crippen molar-refractivity contribution in [3.8, 4) is 0 Å². The van der Waals surface area contributed by atoms with Crippen LogP contribution in [0.2, 0.25) is 0 Å². The number of nitrogens with one attached hydrogen (secondary N) is 2. The molecule has 32 heavy (non-hydrogen) atoms. The lowest BCUT2D eigenvalue weighted by Gasteiger charge is -2.40. The maximum absolute atomic E-state index is 13.4. The molecule has 4 rings (SSSR count). The maximum atomic E-state index is 13.4. The van der Waals surface area contributed by atoms with Crippen molar-refractivity contribution < 1.29 is 9.59 Å². The molecule has 2 saturated heterocycles. The van der Waals surface area contributed by atoms with Gasteiger partial charge in [0.25, 0.3) is 5.91 Å². The Morgan fingerprint density at radius 1 is 1.03 bits per heavy atom. The molecule has 0 radical (unpaired) electrons. The van der Waals surface area contributed by atoms with Gasteiger partial charge in [0.15, 0.2) is 0 Å². The Hall–Kier alpha value is -2.34. The zero-order valence-electron chi connectivity index (χ0n) is 19.8. The Kier molecular flexibility index (Phi) is 7.19. The third kappa shape index (κ3) is 5.34. The number of carbonyl (C=O) groups is 2. The molecule has 2 fully saturated rings. The number of fused-ring (bicyclic) bond motifs is 1. The number of nitrogens with zero attached hydrogens (tertiary/aromatic N) is 2. The number of hydrogen-bond acceptors (Lipinski definition) is 3. The summed E-state index contributed by atoms with van der Waals surface area (Å²) in [6.07, 6.45) is 7.27. The van der Waals surface area contributed by atoms with E-state index in [1.165, 1.54) is 25.9 Å². The SMILES string of the molecule is CC(C)C[C@@H](NC(=O)c1ccc2cc[nH]c2c1)C(=O)N1CCC(C2CCN(C)CC2)CC1. The van der Waals surface area contributed by atoms with E-state index in [4.69, 9.17) is 0 Å². The van der Waals surface area contributed by atoms with Gasteiger partial charge in [0, 0.05) is 30.4 Å². The van der Waals surface area contributed by atoms with Crippen molar-refractivity contribution in [1.82, 2.24) is 20.1 Å². The third-order valence-electron chi connectivity index (χ3n) is 7.41. The quantitative estimate of drug-likeness (QED) is 0.719. The van der Waals surface area contributed by atoms with Crippen LogP contribution in [-0.4, -0.2) is 65.9 Å². The van der Waals surface area contributed by atoms with Gasteiger partial charge in [-0.15, -0.1) is 0 Å². The summed E-state index contributed by atoms with van der Waals surface area (Å²) < 4.78 is 0. The molecule has 2 aliphatic heterocycles. The lowest BCUT2D eigenvalue weighted by atomic mass is 9.79. The van der Waals surface area contributed by atoms with E-state index in [1.807, 2.05) is 35.4 Å². The van der Waals surface area contributed by atoms with Crippen LogP contribution >= 0.6 is 0 Å². The molecule has 0 unspecified atom stereocenters. The highest BCUT2D eigenvalue weighted by Crippen LogP contribution is 2.32. The summed E-state index contributed by atoms with van der Waals surface area (Å²) in [6, 6.07) is 7.14. The molecule has 2 aliphatic rings. The Morgan fingerprint density at radius 2 is 1.69 bits per heavy atom. The second-order valence-electron chi connectivity index (χ2n) is 10.2. The van der Waals surface area contributed by atoms with Gasteiger partial charge < -0.3 is 20.1 Å². The van der Waals surface area contributed by atoms with Crippen LogP contribution < -0.4 is 5.32 Å². The van der Waals surface area contributed by atoms with Crippen LogP contribution in [0, 0.1) is 17.8 Å². The smallest absolute Gasteiger partial charge is 0.252 e. The van der Waals surface area contributed by atoms with E-state index < -0.39 is 6.04 Å². The van der Waals surface area contributed by atoms with E-state index in [0.717, 1.165) is 48.7 Å².